The van der Waals surface area contributed by atoms with Crippen molar-refractivity contribution in [3.05, 3.63) is 39.9 Å². The normalized spacial score (nSPS) is 9.50. The second-order valence-corrected chi connectivity index (χ2v) is 4.34. The minimum atomic E-state index is -0.376. The standard InChI is InChI=1S/C8H9NO2.C7H16/c1-2-7-4-3-5-8(6-7)9(10)11;1-3-5-7-6-4-2/h3-6H,2H2,1H3;3-7H2,1-2H3. The Kier molecular flexibility index (Phi) is 9.93. The molecule has 0 saturated carbocycles. The molecule has 0 saturated heterocycles. The Bertz CT molecular complexity index is 333. The van der Waals surface area contributed by atoms with Crippen LogP contribution in [0.3, 0.4) is 0 Å². The molecule has 0 fully saturated rings. The Morgan fingerprint density at radius 3 is 2.11 bits per heavy atom. The lowest BCUT2D eigenvalue weighted by molar-refractivity contribution is -0.384. The molecule has 1 rings (SSSR count). The summed E-state index contributed by atoms with van der Waals surface area (Å²) in [6, 6.07) is 6.68. The Balaban J connectivity index is 0.000000360. The molecule has 1 aromatic carbocycles. The maximum Gasteiger partial charge on any atom is 0.269 e. The summed E-state index contributed by atoms with van der Waals surface area (Å²) in [5, 5.41) is 10.3. The topological polar surface area (TPSA) is 43.1 Å². The minimum absolute atomic E-state index is 0.171. The van der Waals surface area contributed by atoms with E-state index in [9.17, 15) is 10.1 Å². The van der Waals surface area contributed by atoms with E-state index in [1.807, 2.05) is 13.0 Å². The van der Waals surface area contributed by atoms with Gasteiger partial charge in [-0.3, -0.25) is 10.1 Å². The average molecular weight is 251 g/mol. The van der Waals surface area contributed by atoms with E-state index in [1.54, 1.807) is 12.1 Å². The fourth-order valence-electron chi connectivity index (χ4n) is 1.57. The summed E-state index contributed by atoms with van der Waals surface area (Å²) in [5.74, 6) is 0. The predicted octanol–water partition coefficient (Wildman–Crippen LogP) is 5.13. The van der Waals surface area contributed by atoms with E-state index >= 15 is 0 Å². The molecule has 3 heteroatoms. The van der Waals surface area contributed by atoms with E-state index in [2.05, 4.69) is 13.8 Å². The summed E-state index contributed by atoms with van der Waals surface area (Å²) in [5.41, 5.74) is 1.17. The van der Waals surface area contributed by atoms with Crippen LogP contribution in [0.2, 0.25) is 0 Å². The number of nitro benzene ring substituents is 1. The van der Waals surface area contributed by atoms with Crippen molar-refractivity contribution in [1.82, 2.24) is 0 Å². The van der Waals surface area contributed by atoms with Crippen LogP contribution in [0.15, 0.2) is 24.3 Å². The molecule has 0 aliphatic carbocycles. The first-order valence-corrected chi connectivity index (χ1v) is 6.88. The van der Waals surface area contributed by atoms with E-state index < -0.39 is 0 Å². The highest BCUT2D eigenvalue weighted by molar-refractivity contribution is 5.34. The van der Waals surface area contributed by atoms with Crippen LogP contribution >= 0.6 is 0 Å². The van der Waals surface area contributed by atoms with Crippen molar-refractivity contribution in [1.29, 1.82) is 0 Å². The van der Waals surface area contributed by atoms with Crippen molar-refractivity contribution in [2.45, 2.75) is 59.3 Å². The molecule has 0 spiro atoms. The molecule has 102 valence electrons. The highest BCUT2D eigenvalue weighted by atomic mass is 16.6. The number of hydrogen-bond donors (Lipinski definition) is 0. The molecule has 1 aromatic rings. The lowest BCUT2D eigenvalue weighted by atomic mass is 10.1. The van der Waals surface area contributed by atoms with Gasteiger partial charge in [0.25, 0.3) is 5.69 Å². The third-order valence-electron chi connectivity index (χ3n) is 2.74. The number of benzene rings is 1. The first-order chi connectivity index (χ1) is 8.65. The molecule has 0 amide bonds. The van der Waals surface area contributed by atoms with Gasteiger partial charge < -0.3 is 0 Å². The summed E-state index contributed by atoms with van der Waals surface area (Å²) in [7, 11) is 0. The summed E-state index contributed by atoms with van der Waals surface area (Å²) in [4.78, 5) is 9.90. The fraction of sp³-hybridized carbons (Fsp3) is 0.600. The number of nitro groups is 1. The van der Waals surface area contributed by atoms with Gasteiger partial charge in [-0.1, -0.05) is 65.0 Å². The molecule has 0 radical (unpaired) electrons. The Labute approximate surface area is 110 Å². The molecular weight excluding hydrogens is 226 g/mol. The summed E-state index contributed by atoms with van der Waals surface area (Å²) in [6.45, 7) is 6.46. The zero-order chi connectivity index (χ0) is 13.8. The maximum atomic E-state index is 10.3. The van der Waals surface area contributed by atoms with Crippen molar-refractivity contribution in [3.63, 3.8) is 0 Å². The predicted molar refractivity (Wildman–Crippen MR) is 76.9 cm³/mol. The van der Waals surface area contributed by atoms with Crippen LogP contribution in [0.5, 0.6) is 0 Å². The number of aryl methyl sites for hydroxylation is 1. The smallest absolute Gasteiger partial charge is 0.258 e. The molecule has 0 bridgehead atoms. The third-order valence-corrected chi connectivity index (χ3v) is 2.74. The molecule has 0 aliphatic heterocycles. The van der Waals surface area contributed by atoms with Crippen molar-refractivity contribution in [2.24, 2.45) is 0 Å². The molecule has 0 atom stereocenters. The van der Waals surface area contributed by atoms with Crippen LogP contribution < -0.4 is 0 Å². The first-order valence-electron chi connectivity index (χ1n) is 6.88. The van der Waals surface area contributed by atoms with Crippen molar-refractivity contribution >= 4 is 5.69 Å². The van der Waals surface area contributed by atoms with E-state index in [1.165, 1.54) is 38.2 Å². The van der Waals surface area contributed by atoms with Gasteiger partial charge in [0.05, 0.1) is 4.92 Å². The highest BCUT2D eigenvalue weighted by Gasteiger charge is 2.03. The molecule has 0 heterocycles. The van der Waals surface area contributed by atoms with Crippen LogP contribution in [0.1, 0.15) is 58.4 Å². The van der Waals surface area contributed by atoms with Crippen molar-refractivity contribution in [3.8, 4) is 0 Å². The van der Waals surface area contributed by atoms with Gasteiger partial charge >= 0.3 is 0 Å². The van der Waals surface area contributed by atoms with Gasteiger partial charge in [-0.05, 0) is 12.0 Å². The van der Waals surface area contributed by atoms with E-state index in [4.69, 9.17) is 0 Å². The third kappa shape index (κ3) is 7.82. The van der Waals surface area contributed by atoms with E-state index in [0.29, 0.717) is 0 Å². The largest absolute Gasteiger partial charge is 0.269 e. The van der Waals surface area contributed by atoms with Gasteiger partial charge in [-0.15, -0.1) is 0 Å². The second kappa shape index (κ2) is 10.8. The van der Waals surface area contributed by atoms with Crippen molar-refractivity contribution in [2.75, 3.05) is 0 Å². The van der Waals surface area contributed by atoms with Crippen LogP contribution in [0.25, 0.3) is 0 Å². The molecule has 0 aromatic heterocycles. The summed E-state index contributed by atoms with van der Waals surface area (Å²) < 4.78 is 0. The Hall–Kier alpha value is -1.38. The number of hydrogen-bond acceptors (Lipinski definition) is 2. The van der Waals surface area contributed by atoms with Gasteiger partial charge in [0.15, 0.2) is 0 Å². The lowest BCUT2D eigenvalue weighted by Crippen LogP contribution is -1.88. The number of nitrogens with zero attached hydrogens (tertiary/aromatic N) is 1. The Morgan fingerprint density at radius 2 is 1.67 bits per heavy atom. The number of unbranched alkanes of at least 4 members (excludes halogenated alkanes) is 4. The minimum Gasteiger partial charge on any atom is -0.258 e. The van der Waals surface area contributed by atoms with Gasteiger partial charge in [0.1, 0.15) is 0 Å². The van der Waals surface area contributed by atoms with Gasteiger partial charge in [-0.25, -0.2) is 0 Å². The monoisotopic (exact) mass is 251 g/mol. The molecule has 18 heavy (non-hydrogen) atoms. The SMILES string of the molecule is CCCCCCC.CCc1cccc([N+](=O)[O-])c1. The van der Waals surface area contributed by atoms with E-state index in [0.717, 1.165) is 12.0 Å². The molecule has 0 aliphatic rings. The first kappa shape index (κ1) is 16.6. The molecular formula is C15H25NO2. The highest BCUT2D eigenvalue weighted by Crippen LogP contribution is 2.12. The molecule has 0 N–H and O–H groups in total. The van der Waals surface area contributed by atoms with Gasteiger partial charge in [0.2, 0.25) is 0 Å². The summed E-state index contributed by atoms with van der Waals surface area (Å²) >= 11 is 0. The van der Waals surface area contributed by atoms with Crippen LogP contribution in [-0.2, 0) is 6.42 Å². The number of rotatable bonds is 6. The van der Waals surface area contributed by atoms with E-state index in [-0.39, 0.29) is 10.6 Å². The molecule has 0 unspecified atom stereocenters. The quantitative estimate of drug-likeness (QED) is 0.399. The number of non-ortho nitro benzene ring substituents is 1. The summed E-state index contributed by atoms with van der Waals surface area (Å²) in [6.07, 6.45) is 7.84. The van der Waals surface area contributed by atoms with Crippen molar-refractivity contribution < 1.29 is 4.92 Å². The zero-order valence-corrected chi connectivity index (χ0v) is 11.8. The zero-order valence-electron chi connectivity index (χ0n) is 11.8. The maximum absolute atomic E-state index is 10.3. The van der Waals surface area contributed by atoms with Gasteiger partial charge in [0, 0.05) is 12.1 Å². The lowest BCUT2D eigenvalue weighted by Gasteiger charge is -1.94. The van der Waals surface area contributed by atoms with Crippen LogP contribution in [0.4, 0.5) is 5.69 Å². The van der Waals surface area contributed by atoms with Gasteiger partial charge in [-0.2, -0.15) is 0 Å². The molecule has 3 nitrogen and oxygen atoms in total. The van der Waals surface area contributed by atoms with Crippen LogP contribution in [-0.4, -0.2) is 4.92 Å². The Morgan fingerprint density at radius 1 is 1.06 bits per heavy atom. The average Bonchev–Trinajstić information content (AvgIpc) is 2.40. The fourth-order valence-corrected chi connectivity index (χ4v) is 1.57. The second-order valence-electron chi connectivity index (χ2n) is 4.34. The van der Waals surface area contributed by atoms with Crippen LogP contribution in [0, 0.1) is 10.1 Å².